The van der Waals surface area contributed by atoms with Crippen LogP contribution in [0.5, 0.6) is 0 Å². The third kappa shape index (κ3) is 2.94. The largest absolute Gasteiger partial charge is 0.389 e. The van der Waals surface area contributed by atoms with Crippen LogP contribution in [-0.4, -0.2) is 19.9 Å². The first kappa shape index (κ1) is 13.6. The Balaban J connectivity index is 2.45. The molecule has 100 valence electrons. The summed E-state index contributed by atoms with van der Waals surface area (Å²) < 4.78 is 1.38. The monoisotopic (exact) mass is 279 g/mol. The van der Waals surface area contributed by atoms with Crippen LogP contribution in [0.3, 0.4) is 0 Å². The van der Waals surface area contributed by atoms with Crippen LogP contribution in [0.25, 0.3) is 0 Å². The molecule has 1 aromatic carbocycles. The molecular formula is C12H13N3O3S. The summed E-state index contributed by atoms with van der Waals surface area (Å²) in [6, 6.07) is 7.28. The van der Waals surface area contributed by atoms with Gasteiger partial charge in [0.25, 0.3) is 0 Å². The lowest BCUT2D eigenvalue weighted by atomic mass is 10.1. The van der Waals surface area contributed by atoms with Gasteiger partial charge < -0.3 is 5.11 Å². The minimum absolute atomic E-state index is 0.359. The molecule has 2 aromatic rings. The first-order valence-corrected chi connectivity index (χ1v) is 6.43. The van der Waals surface area contributed by atoms with Gasteiger partial charge in [0.15, 0.2) is 5.16 Å². The molecule has 0 bridgehead atoms. The van der Waals surface area contributed by atoms with Gasteiger partial charge in [-0.1, -0.05) is 18.2 Å². The van der Waals surface area contributed by atoms with Crippen molar-refractivity contribution >= 4 is 11.8 Å². The van der Waals surface area contributed by atoms with Crippen molar-refractivity contribution in [3.8, 4) is 0 Å². The smallest absolute Gasteiger partial charge is 0.339 e. The molecule has 0 amide bonds. The van der Waals surface area contributed by atoms with Gasteiger partial charge in [0.2, 0.25) is 0 Å². The van der Waals surface area contributed by atoms with E-state index in [0.29, 0.717) is 5.16 Å². The van der Waals surface area contributed by atoms with Crippen molar-refractivity contribution < 1.29 is 5.11 Å². The molecule has 0 aliphatic heterocycles. The Bertz CT molecular complexity index is 706. The Kier molecular flexibility index (Phi) is 3.87. The van der Waals surface area contributed by atoms with E-state index in [2.05, 4.69) is 10.1 Å². The minimum atomic E-state index is -0.824. The van der Waals surface area contributed by atoms with Crippen LogP contribution in [0.1, 0.15) is 18.6 Å². The fourth-order valence-corrected chi connectivity index (χ4v) is 2.58. The number of nitrogens with zero attached hydrogens (tertiary/aromatic N) is 2. The fraction of sp³-hybridized carbons (Fsp3) is 0.250. The summed E-state index contributed by atoms with van der Waals surface area (Å²) in [5.74, 6) is 0. The van der Waals surface area contributed by atoms with Crippen molar-refractivity contribution in [2.24, 2.45) is 7.05 Å². The molecule has 7 heteroatoms. The number of benzene rings is 1. The minimum Gasteiger partial charge on any atom is -0.389 e. The predicted octanol–water partition coefficient (Wildman–Crippen LogP) is 0.673. The Morgan fingerprint density at radius 2 is 2.05 bits per heavy atom. The second kappa shape index (κ2) is 5.41. The number of rotatable bonds is 3. The Morgan fingerprint density at radius 3 is 2.74 bits per heavy atom. The normalized spacial score (nSPS) is 12.4. The number of aliphatic hydroxyl groups excluding tert-OH is 1. The van der Waals surface area contributed by atoms with Gasteiger partial charge in [0.1, 0.15) is 0 Å². The standard InChI is InChI=1S/C12H13N3O3S/c1-7(16)8-5-3-4-6-9(8)19-12-13-10(17)11(18)14-15(12)2/h3-7,16H,1-2H3,(H,14,18)/t7-/m1/s1. The van der Waals surface area contributed by atoms with Gasteiger partial charge in [-0.2, -0.15) is 4.98 Å². The van der Waals surface area contributed by atoms with Crippen LogP contribution in [-0.2, 0) is 7.05 Å². The second-order valence-electron chi connectivity index (χ2n) is 4.02. The van der Waals surface area contributed by atoms with E-state index in [-0.39, 0.29) is 0 Å². The Hall–Kier alpha value is -1.86. The average Bonchev–Trinajstić information content (AvgIpc) is 2.36. The highest BCUT2D eigenvalue weighted by Crippen LogP contribution is 2.30. The van der Waals surface area contributed by atoms with E-state index < -0.39 is 17.2 Å². The van der Waals surface area contributed by atoms with Crippen molar-refractivity contribution in [1.82, 2.24) is 14.8 Å². The van der Waals surface area contributed by atoms with Crippen LogP contribution in [0, 0.1) is 0 Å². The molecule has 0 unspecified atom stereocenters. The van der Waals surface area contributed by atoms with E-state index in [9.17, 15) is 14.7 Å². The van der Waals surface area contributed by atoms with E-state index in [4.69, 9.17) is 0 Å². The van der Waals surface area contributed by atoms with E-state index >= 15 is 0 Å². The zero-order chi connectivity index (χ0) is 14.0. The Morgan fingerprint density at radius 1 is 1.37 bits per heavy atom. The molecule has 1 aromatic heterocycles. The lowest BCUT2D eigenvalue weighted by molar-refractivity contribution is 0.196. The number of hydrogen-bond donors (Lipinski definition) is 2. The molecule has 1 atom stereocenters. The molecule has 0 fully saturated rings. The number of nitrogens with one attached hydrogen (secondary N) is 1. The van der Waals surface area contributed by atoms with Crippen LogP contribution < -0.4 is 11.1 Å². The summed E-state index contributed by atoms with van der Waals surface area (Å²) in [6.07, 6.45) is -0.622. The highest BCUT2D eigenvalue weighted by Gasteiger charge is 2.11. The average molecular weight is 279 g/mol. The summed E-state index contributed by atoms with van der Waals surface area (Å²) >= 11 is 1.21. The highest BCUT2D eigenvalue weighted by molar-refractivity contribution is 7.99. The quantitative estimate of drug-likeness (QED) is 0.806. The second-order valence-corrected chi connectivity index (χ2v) is 5.02. The van der Waals surface area contributed by atoms with Gasteiger partial charge in [-0.25, -0.2) is 0 Å². The van der Waals surface area contributed by atoms with Gasteiger partial charge >= 0.3 is 11.1 Å². The van der Waals surface area contributed by atoms with Crippen molar-refractivity contribution in [3.05, 3.63) is 50.5 Å². The molecule has 19 heavy (non-hydrogen) atoms. The number of aryl methyl sites for hydroxylation is 1. The lowest BCUT2D eigenvalue weighted by Crippen LogP contribution is -2.33. The molecule has 0 saturated carbocycles. The molecule has 0 aliphatic carbocycles. The van der Waals surface area contributed by atoms with Crippen LogP contribution >= 0.6 is 11.8 Å². The van der Waals surface area contributed by atoms with Crippen LogP contribution in [0.15, 0.2) is 43.9 Å². The number of H-pyrrole nitrogens is 1. The third-order valence-corrected chi connectivity index (χ3v) is 3.66. The predicted molar refractivity (Wildman–Crippen MR) is 71.3 cm³/mol. The summed E-state index contributed by atoms with van der Waals surface area (Å²) in [6.45, 7) is 1.67. The molecule has 0 radical (unpaired) electrons. The van der Waals surface area contributed by atoms with E-state index in [0.717, 1.165) is 10.5 Å². The number of hydrogen-bond acceptors (Lipinski definition) is 5. The number of aliphatic hydroxyl groups is 1. The van der Waals surface area contributed by atoms with Gasteiger partial charge in [-0.15, -0.1) is 0 Å². The van der Waals surface area contributed by atoms with E-state index in [1.54, 1.807) is 20.0 Å². The summed E-state index contributed by atoms with van der Waals surface area (Å²) in [4.78, 5) is 26.9. The molecule has 1 heterocycles. The molecular weight excluding hydrogens is 266 g/mol. The molecule has 0 spiro atoms. The third-order valence-electron chi connectivity index (χ3n) is 2.52. The first-order valence-electron chi connectivity index (χ1n) is 5.61. The molecule has 2 rings (SSSR count). The summed E-state index contributed by atoms with van der Waals surface area (Å²) in [7, 11) is 1.60. The van der Waals surface area contributed by atoms with Gasteiger partial charge in [-0.05, 0) is 30.3 Å². The maximum absolute atomic E-state index is 11.3. The van der Waals surface area contributed by atoms with Crippen molar-refractivity contribution in [1.29, 1.82) is 0 Å². The SMILES string of the molecule is C[C@@H](O)c1ccccc1Sc1nc(=O)c(=O)[nH]n1C. The van der Waals surface area contributed by atoms with Crippen LogP contribution in [0.4, 0.5) is 0 Å². The topological polar surface area (TPSA) is 88.0 Å². The van der Waals surface area contributed by atoms with Gasteiger partial charge in [0, 0.05) is 11.9 Å². The lowest BCUT2D eigenvalue weighted by Gasteiger charge is -2.12. The van der Waals surface area contributed by atoms with Gasteiger partial charge in [0.05, 0.1) is 6.10 Å². The number of aromatic nitrogens is 3. The fourth-order valence-electron chi connectivity index (χ4n) is 1.57. The number of aromatic amines is 1. The van der Waals surface area contributed by atoms with Crippen LogP contribution in [0.2, 0.25) is 0 Å². The van der Waals surface area contributed by atoms with Crippen molar-refractivity contribution in [2.75, 3.05) is 0 Å². The molecule has 6 nitrogen and oxygen atoms in total. The summed E-state index contributed by atoms with van der Waals surface area (Å²) in [5.41, 5.74) is -0.835. The zero-order valence-corrected chi connectivity index (χ0v) is 11.3. The Labute approximate surface area is 113 Å². The maximum atomic E-state index is 11.3. The zero-order valence-electron chi connectivity index (χ0n) is 10.5. The van der Waals surface area contributed by atoms with E-state index in [1.807, 2.05) is 18.2 Å². The summed E-state index contributed by atoms with van der Waals surface area (Å²) in [5, 5.41) is 12.4. The first-order chi connectivity index (χ1) is 8.99. The molecule has 0 aliphatic rings. The van der Waals surface area contributed by atoms with E-state index in [1.165, 1.54) is 16.4 Å². The highest BCUT2D eigenvalue weighted by atomic mass is 32.2. The van der Waals surface area contributed by atoms with Crippen molar-refractivity contribution in [2.45, 2.75) is 23.1 Å². The van der Waals surface area contributed by atoms with Crippen molar-refractivity contribution in [3.63, 3.8) is 0 Å². The molecule has 2 N–H and O–H groups in total. The maximum Gasteiger partial charge on any atom is 0.339 e. The molecule has 0 saturated heterocycles. The van der Waals surface area contributed by atoms with Gasteiger partial charge in [-0.3, -0.25) is 19.4 Å².